The van der Waals surface area contributed by atoms with E-state index in [0.29, 0.717) is 22.8 Å². The summed E-state index contributed by atoms with van der Waals surface area (Å²) < 4.78 is 5.44. The summed E-state index contributed by atoms with van der Waals surface area (Å²) in [6.07, 6.45) is 0.735. The van der Waals surface area contributed by atoms with Crippen LogP contribution in [0.5, 0.6) is 0 Å². The first-order valence-electron chi connectivity index (χ1n) is 6.70. The summed E-state index contributed by atoms with van der Waals surface area (Å²) in [6, 6.07) is 8.05. The van der Waals surface area contributed by atoms with E-state index in [1.165, 1.54) is 0 Å². The van der Waals surface area contributed by atoms with Gasteiger partial charge in [0.15, 0.2) is 5.82 Å². The normalized spacial score (nSPS) is 13.4. The molecule has 0 amide bonds. The highest BCUT2D eigenvalue weighted by atomic mass is 35.5. The summed E-state index contributed by atoms with van der Waals surface area (Å²) in [5.41, 5.74) is 0.575. The Morgan fingerprint density at radius 3 is 2.70 bits per heavy atom. The third kappa shape index (κ3) is 3.02. The lowest BCUT2D eigenvalue weighted by atomic mass is 9.84. The van der Waals surface area contributed by atoms with Crippen LogP contribution in [0.2, 0.25) is 5.02 Å². The molecule has 0 radical (unpaired) electrons. The van der Waals surface area contributed by atoms with Crippen LogP contribution in [-0.2, 0) is 11.8 Å². The number of nitrogens with zero attached hydrogens (tertiary/aromatic N) is 2. The molecule has 1 aromatic heterocycles. The predicted octanol–water partition coefficient (Wildman–Crippen LogP) is 3.20. The highest BCUT2D eigenvalue weighted by molar-refractivity contribution is 6.31. The minimum atomic E-state index is -0.410. The molecule has 0 aliphatic heterocycles. The van der Waals surface area contributed by atoms with E-state index in [1.54, 1.807) is 0 Å². The molecule has 2 aromatic rings. The smallest absolute Gasteiger partial charge is 0.236 e. The van der Waals surface area contributed by atoms with Gasteiger partial charge < -0.3 is 9.84 Å². The molecule has 108 valence electrons. The molecule has 4 nitrogen and oxygen atoms in total. The maximum atomic E-state index is 6.27. The SMILES string of the molecule is CNC(C)Cc1noc(C(C)(C)c2ccccc2Cl)n1. The van der Waals surface area contributed by atoms with Crippen molar-refractivity contribution >= 4 is 11.6 Å². The van der Waals surface area contributed by atoms with Crippen molar-refractivity contribution in [1.29, 1.82) is 0 Å². The minimum Gasteiger partial charge on any atom is -0.338 e. The number of hydrogen-bond acceptors (Lipinski definition) is 4. The van der Waals surface area contributed by atoms with Gasteiger partial charge in [-0.05, 0) is 39.4 Å². The maximum absolute atomic E-state index is 6.27. The average molecular weight is 294 g/mol. The summed E-state index contributed by atoms with van der Waals surface area (Å²) in [6.45, 7) is 6.15. The second kappa shape index (κ2) is 5.94. The van der Waals surface area contributed by atoms with Crippen molar-refractivity contribution in [2.24, 2.45) is 0 Å². The summed E-state index contributed by atoms with van der Waals surface area (Å²) in [5, 5.41) is 7.92. The molecule has 1 aromatic carbocycles. The van der Waals surface area contributed by atoms with Crippen molar-refractivity contribution in [2.75, 3.05) is 7.05 Å². The summed E-state index contributed by atoms with van der Waals surface area (Å²) in [5.74, 6) is 1.30. The Morgan fingerprint density at radius 1 is 1.35 bits per heavy atom. The van der Waals surface area contributed by atoms with Gasteiger partial charge >= 0.3 is 0 Å². The van der Waals surface area contributed by atoms with Gasteiger partial charge in [-0.25, -0.2) is 0 Å². The van der Waals surface area contributed by atoms with Crippen molar-refractivity contribution in [3.8, 4) is 0 Å². The fourth-order valence-electron chi connectivity index (χ4n) is 2.05. The lowest BCUT2D eigenvalue weighted by Crippen LogP contribution is -2.24. The van der Waals surface area contributed by atoms with Gasteiger partial charge in [0.1, 0.15) is 0 Å². The fourth-order valence-corrected chi connectivity index (χ4v) is 2.42. The van der Waals surface area contributed by atoms with Crippen LogP contribution in [-0.4, -0.2) is 23.2 Å². The van der Waals surface area contributed by atoms with Crippen LogP contribution in [0, 0.1) is 0 Å². The topological polar surface area (TPSA) is 51.0 Å². The zero-order chi connectivity index (χ0) is 14.8. The first kappa shape index (κ1) is 15.0. The first-order chi connectivity index (χ1) is 9.45. The molecule has 0 aliphatic rings. The zero-order valence-corrected chi connectivity index (χ0v) is 13.0. The zero-order valence-electron chi connectivity index (χ0n) is 12.3. The van der Waals surface area contributed by atoms with Gasteiger partial charge in [-0.15, -0.1) is 0 Å². The fraction of sp³-hybridized carbons (Fsp3) is 0.467. The van der Waals surface area contributed by atoms with Gasteiger partial charge in [-0.2, -0.15) is 4.98 Å². The molecular weight excluding hydrogens is 274 g/mol. The minimum absolute atomic E-state index is 0.309. The Hall–Kier alpha value is -1.39. The number of rotatable bonds is 5. The number of aromatic nitrogens is 2. The van der Waals surface area contributed by atoms with Crippen molar-refractivity contribution < 1.29 is 4.52 Å². The Kier molecular flexibility index (Phi) is 4.45. The van der Waals surface area contributed by atoms with Gasteiger partial charge in [0.05, 0.1) is 5.41 Å². The average Bonchev–Trinajstić information content (AvgIpc) is 2.88. The predicted molar refractivity (Wildman–Crippen MR) is 80.1 cm³/mol. The Bertz CT molecular complexity index is 580. The Morgan fingerprint density at radius 2 is 2.05 bits per heavy atom. The highest BCUT2D eigenvalue weighted by Gasteiger charge is 2.31. The third-order valence-electron chi connectivity index (χ3n) is 3.53. The Balaban J connectivity index is 2.28. The molecule has 20 heavy (non-hydrogen) atoms. The van der Waals surface area contributed by atoms with Crippen LogP contribution in [0.15, 0.2) is 28.8 Å². The van der Waals surface area contributed by atoms with Crippen molar-refractivity contribution in [3.05, 3.63) is 46.6 Å². The van der Waals surface area contributed by atoms with Gasteiger partial charge in [0, 0.05) is 17.5 Å². The number of halogens is 1. The molecular formula is C15H20ClN3O. The standard InChI is InChI=1S/C15H20ClN3O/c1-10(17-4)9-13-18-14(20-19-13)15(2,3)11-7-5-6-8-12(11)16/h5-8,10,17H,9H2,1-4H3. The second-order valence-corrected chi connectivity index (χ2v) is 5.92. The van der Waals surface area contributed by atoms with E-state index in [0.717, 1.165) is 12.0 Å². The second-order valence-electron chi connectivity index (χ2n) is 5.51. The van der Waals surface area contributed by atoms with E-state index >= 15 is 0 Å². The van der Waals surface area contributed by atoms with Crippen LogP contribution in [0.1, 0.15) is 38.0 Å². The molecule has 0 saturated carbocycles. The van der Waals surface area contributed by atoms with E-state index in [-0.39, 0.29) is 0 Å². The molecule has 1 heterocycles. The van der Waals surface area contributed by atoms with Crippen molar-refractivity contribution in [2.45, 2.75) is 38.6 Å². The van der Waals surface area contributed by atoms with Crippen LogP contribution in [0.3, 0.4) is 0 Å². The molecule has 0 saturated heterocycles. The summed E-state index contributed by atoms with van der Waals surface area (Å²) in [7, 11) is 1.92. The lowest BCUT2D eigenvalue weighted by Gasteiger charge is -2.21. The van der Waals surface area contributed by atoms with E-state index < -0.39 is 5.41 Å². The van der Waals surface area contributed by atoms with Crippen LogP contribution >= 0.6 is 11.6 Å². The third-order valence-corrected chi connectivity index (χ3v) is 3.86. The van der Waals surface area contributed by atoms with E-state index in [9.17, 15) is 0 Å². The summed E-state index contributed by atoms with van der Waals surface area (Å²) >= 11 is 6.27. The largest absolute Gasteiger partial charge is 0.338 e. The molecule has 1 N–H and O–H groups in total. The molecule has 1 unspecified atom stereocenters. The number of benzene rings is 1. The number of hydrogen-bond donors (Lipinski definition) is 1. The monoisotopic (exact) mass is 293 g/mol. The molecule has 0 bridgehead atoms. The lowest BCUT2D eigenvalue weighted by molar-refractivity contribution is 0.329. The quantitative estimate of drug-likeness (QED) is 0.920. The number of nitrogens with one attached hydrogen (secondary N) is 1. The molecule has 2 rings (SSSR count). The first-order valence-corrected chi connectivity index (χ1v) is 7.08. The van der Waals surface area contributed by atoms with Crippen LogP contribution < -0.4 is 5.32 Å². The Labute approximate surface area is 124 Å². The van der Waals surface area contributed by atoms with Crippen molar-refractivity contribution in [1.82, 2.24) is 15.5 Å². The van der Waals surface area contributed by atoms with Gasteiger partial charge in [0.25, 0.3) is 0 Å². The summed E-state index contributed by atoms with van der Waals surface area (Å²) in [4.78, 5) is 4.51. The molecule has 0 aliphatic carbocycles. The maximum Gasteiger partial charge on any atom is 0.236 e. The molecule has 5 heteroatoms. The van der Waals surface area contributed by atoms with Gasteiger partial charge in [-0.3, -0.25) is 0 Å². The van der Waals surface area contributed by atoms with E-state index in [2.05, 4.69) is 22.4 Å². The molecule has 1 atom stereocenters. The highest BCUT2D eigenvalue weighted by Crippen LogP contribution is 2.34. The van der Waals surface area contributed by atoms with Crippen molar-refractivity contribution in [3.63, 3.8) is 0 Å². The van der Waals surface area contributed by atoms with Gasteiger partial charge in [0.2, 0.25) is 5.89 Å². The van der Waals surface area contributed by atoms with Crippen LogP contribution in [0.25, 0.3) is 0 Å². The molecule has 0 fully saturated rings. The molecule has 0 spiro atoms. The van der Waals surface area contributed by atoms with E-state index in [1.807, 2.05) is 45.2 Å². The van der Waals surface area contributed by atoms with Crippen LogP contribution in [0.4, 0.5) is 0 Å². The van der Waals surface area contributed by atoms with E-state index in [4.69, 9.17) is 16.1 Å². The number of likely N-dealkylation sites (N-methyl/N-ethyl adjacent to an activating group) is 1. The van der Waals surface area contributed by atoms with Gasteiger partial charge in [-0.1, -0.05) is 35.0 Å².